The van der Waals surface area contributed by atoms with Crippen LogP contribution in [0.5, 0.6) is 0 Å². The molecule has 0 aliphatic carbocycles. The number of hydrogen-bond donors (Lipinski definition) is 1. The highest BCUT2D eigenvalue weighted by Gasteiger charge is 2.25. The summed E-state index contributed by atoms with van der Waals surface area (Å²) >= 11 is 10.9. The Balaban J connectivity index is 2.75. The molecule has 1 heterocycles. The lowest BCUT2D eigenvalue weighted by atomic mass is 10.3. The van der Waals surface area contributed by atoms with Crippen molar-refractivity contribution in [2.75, 3.05) is 5.32 Å². The molecule has 0 radical (unpaired) electrons. The van der Waals surface area contributed by atoms with Gasteiger partial charge >= 0.3 is 0 Å². The van der Waals surface area contributed by atoms with Crippen molar-refractivity contribution in [1.29, 1.82) is 0 Å². The molecule has 0 atom stereocenters. The van der Waals surface area contributed by atoms with E-state index in [2.05, 4.69) is 9.71 Å². The molecule has 0 saturated heterocycles. The van der Waals surface area contributed by atoms with Crippen molar-refractivity contribution in [2.24, 2.45) is 4.40 Å². The summed E-state index contributed by atoms with van der Waals surface area (Å²) in [5, 5.41) is 1.81. The number of anilines is 1. The molecule has 80 valence electrons. The van der Waals surface area contributed by atoms with E-state index in [0.717, 1.165) is 12.1 Å². The van der Waals surface area contributed by atoms with Crippen molar-refractivity contribution < 1.29 is 12.8 Å². The molecule has 0 unspecified atom stereocenters. The zero-order chi connectivity index (χ0) is 11.2. The van der Waals surface area contributed by atoms with Gasteiger partial charge in [-0.2, -0.15) is 8.42 Å². The van der Waals surface area contributed by atoms with Gasteiger partial charge in [0.2, 0.25) is 5.29 Å². The monoisotopic (exact) mass is 268 g/mol. The lowest BCUT2D eigenvalue weighted by Gasteiger charge is -2.14. The molecule has 0 saturated carbocycles. The SMILES string of the molecule is O=S1(=O)N=C(Cl)Nc2cc(F)c(Cl)cc21. The molecule has 0 bridgehead atoms. The Morgan fingerprint density at radius 1 is 1.33 bits per heavy atom. The van der Waals surface area contributed by atoms with Gasteiger partial charge in [0.1, 0.15) is 10.7 Å². The molecular formula is C7H3Cl2FN2O2S. The van der Waals surface area contributed by atoms with Gasteiger partial charge in [-0.25, -0.2) is 4.39 Å². The second-order valence-electron chi connectivity index (χ2n) is 2.74. The highest BCUT2D eigenvalue weighted by molar-refractivity contribution is 7.90. The molecule has 1 aliphatic heterocycles. The normalized spacial score (nSPS) is 17.7. The molecule has 1 aromatic carbocycles. The smallest absolute Gasteiger partial charge is 0.287 e. The maximum absolute atomic E-state index is 13.0. The lowest BCUT2D eigenvalue weighted by Crippen LogP contribution is -2.17. The molecule has 8 heteroatoms. The van der Waals surface area contributed by atoms with E-state index in [1.54, 1.807) is 0 Å². The van der Waals surface area contributed by atoms with Crippen LogP contribution in [0.1, 0.15) is 0 Å². The Bertz CT molecular complexity index is 571. The van der Waals surface area contributed by atoms with E-state index in [1.807, 2.05) is 0 Å². The fourth-order valence-electron chi connectivity index (χ4n) is 1.13. The highest BCUT2D eigenvalue weighted by Crippen LogP contribution is 2.32. The van der Waals surface area contributed by atoms with Crippen molar-refractivity contribution in [2.45, 2.75) is 4.90 Å². The zero-order valence-electron chi connectivity index (χ0n) is 6.96. The van der Waals surface area contributed by atoms with Crippen molar-refractivity contribution in [3.63, 3.8) is 0 Å². The molecule has 4 nitrogen and oxygen atoms in total. The number of rotatable bonds is 0. The summed E-state index contributed by atoms with van der Waals surface area (Å²) in [6, 6.07) is 1.94. The maximum Gasteiger partial charge on any atom is 0.287 e. The predicted octanol–water partition coefficient (Wildman–Crippen LogP) is 2.19. The molecule has 1 N–H and O–H groups in total. The highest BCUT2D eigenvalue weighted by atomic mass is 35.5. The Labute approximate surface area is 94.8 Å². The molecule has 0 aromatic heterocycles. The second kappa shape index (κ2) is 3.33. The molecular weight excluding hydrogens is 266 g/mol. The molecule has 1 aliphatic rings. The van der Waals surface area contributed by atoms with Crippen LogP contribution in [0.3, 0.4) is 0 Å². The van der Waals surface area contributed by atoms with Crippen LogP contribution in [0, 0.1) is 5.82 Å². The summed E-state index contributed by atoms with van der Waals surface area (Å²) in [4.78, 5) is -0.196. The number of hydrogen-bond acceptors (Lipinski definition) is 3. The predicted molar refractivity (Wildman–Crippen MR) is 55.5 cm³/mol. The minimum Gasteiger partial charge on any atom is -0.329 e. The molecule has 0 fully saturated rings. The summed E-state index contributed by atoms with van der Waals surface area (Å²) in [5.41, 5.74) is 0.0249. The number of fused-ring (bicyclic) bond motifs is 1. The summed E-state index contributed by atoms with van der Waals surface area (Å²) in [5.74, 6) is -0.732. The second-order valence-corrected chi connectivity index (χ2v) is 5.08. The molecule has 0 amide bonds. The van der Waals surface area contributed by atoms with Gasteiger partial charge in [0.25, 0.3) is 10.0 Å². The van der Waals surface area contributed by atoms with Crippen molar-refractivity contribution in [1.82, 2.24) is 0 Å². The maximum atomic E-state index is 13.0. The van der Waals surface area contributed by atoms with E-state index < -0.39 is 15.8 Å². The van der Waals surface area contributed by atoms with E-state index >= 15 is 0 Å². The van der Waals surface area contributed by atoms with Gasteiger partial charge in [-0.1, -0.05) is 11.6 Å². The first-order chi connectivity index (χ1) is 6.90. The first kappa shape index (κ1) is 10.7. The van der Waals surface area contributed by atoms with Gasteiger partial charge in [-0.15, -0.1) is 4.40 Å². The zero-order valence-corrected chi connectivity index (χ0v) is 9.29. The van der Waals surface area contributed by atoms with E-state index in [0.29, 0.717) is 0 Å². The summed E-state index contributed by atoms with van der Waals surface area (Å²) in [6.07, 6.45) is 0. The van der Waals surface area contributed by atoms with Crippen LogP contribution >= 0.6 is 23.2 Å². The lowest BCUT2D eigenvalue weighted by molar-refractivity contribution is 0.596. The third kappa shape index (κ3) is 1.80. The quantitative estimate of drug-likeness (QED) is 0.734. The summed E-state index contributed by atoms with van der Waals surface area (Å²) < 4.78 is 39.1. The van der Waals surface area contributed by atoms with Crippen LogP contribution in [-0.4, -0.2) is 13.7 Å². The van der Waals surface area contributed by atoms with Gasteiger partial charge < -0.3 is 5.32 Å². The fraction of sp³-hybridized carbons (Fsp3) is 0. The van der Waals surface area contributed by atoms with Crippen molar-refractivity contribution in [3.8, 4) is 0 Å². The fourth-order valence-corrected chi connectivity index (χ4v) is 2.74. The van der Waals surface area contributed by atoms with Crippen LogP contribution < -0.4 is 5.32 Å². The molecule has 1 aromatic rings. The number of nitrogens with zero attached hydrogens (tertiary/aromatic N) is 1. The van der Waals surface area contributed by atoms with Crippen LogP contribution in [0.4, 0.5) is 10.1 Å². The van der Waals surface area contributed by atoms with Crippen LogP contribution in [0.2, 0.25) is 5.02 Å². The van der Waals surface area contributed by atoms with Crippen molar-refractivity contribution >= 4 is 44.2 Å². The molecule has 0 spiro atoms. The van der Waals surface area contributed by atoms with Gasteiger partial charge in [0, 0.05) is 6.07 Å². The minimum atomic E-state index is -3.89. The van der Waals surface area contributed by atoms with E-state index in [9.17, 15) is 12.8 Å². The standard InChI is InChI=1S/C7H3Cl2FN2O2S/c8-3-1-6-5(2-4(3)10)11-7(9)12-15(6,13)14/h1-2H,(H,11,12). The summed E-state index contributed by atoms with van der Waals surface area (Å²) in [6.45, 7) is 0. The van der Waals surface area contributed by atoms with Crippen LogP contribution in [0.15, 0.2) is 21.4 Å². The van der Waals surface area contributed by atoms with E-state index in [-0.39, 0.29) is 20.9 Å². The summed E-state index contributed by atoms with van der Waals surface area (Å²) in [7, 11) is -3.89. The topological polar surface area (TPSA) is 58.5 Å². The van der Waals surface area contributed by atoms with E-state index in [1.165, 1.54) is 0 Å². The Kier molecular flexibility index (Phi) is 2.37. The minimum absolute atomic E-state index is 0.0249. The number of halogens is 3. The van der Waals surface area contributed by atoms with Crippen LogP contribution in [0.25, 0.3) is 0 Å². The van der Waals surface area contributed by atoms with Gasteiger partial charge in [-0.05, 0) is 17.7 Å². The average molecular weight is 269 g/mol. The van der Waals surface area contributed by atoms with E-state index in [4.69, 9.17) is 23.2 Å². The Hall–Kier alpha value is -0.850. The van der Waals surface area contributed by atoms with Gasteiger partial charge in [0.15, 0.2) is 0 Å². The number of amidine groups is 1. The number of nitrogens with one attached hydrogen (secondary N) is 1. The molecule has 2 rings (SSSR count). The third-order valence-electron chi connectivity index (χ3n) is 1.74. The molecule has 15 heavy (non-hydrogen) atoms. The number of sulfonamides is 1. The van der Waals surface area contributed by atoms with Crippen molar-refractivity contribution in [3.05, 3.63) is 23.0 Å². The van der Waals surface area contributed by atoms with Gasteiger partial charge in [0.05, 0.1) is 10.7 Å². The number of benzene rings is 1. The largest absolute Gasteiger partial charge is 0.329 e. The Morgan fingerprint density at radius 2 is 2.00 bits per heavy atom. The average Bonchev–Trinajstić information content (AvgIpc) is 2.07. The van der Waals surface area contributed by atoms with Gasteiger partial charge in [-0.3, -0.25) is 0 Å². The first-order valence-electron chi connectivity index (χ1n) is 3.67. The first-order valence-corrected chi connectivity index (χ1v) is 5.86. The van der Waals surface area contributed by atoms with Crippen LogP contribution in [-0.2, 0) is 10.0 Å². The third-order valence-corrected chi connectivity index (χ3v) is 3.62. The Morgan fingerprint density at radius 3 is 2.67 bits per heavy atom.